The van der Waals surface area contributed by atoms with Gasteiger partial charge in [0.25, 0.3) is 11.1 Å². The third-order valence-electron chi connectivity index (χ3n) is 3.35. The highest BCUT2D eigenvalue weighted by Gasteiger charge is 2.36. The second kappa shape index (κ2) is 9.94. The molecule has 0 unspecified atom stereocenters. The molecular weight excluding hydrogens is 478 g/mol. The number of hydrogen-bond acceptors (Lipinski definition) is 8. The molecule has 28 heavy (non-hydrogen) atoms. The molecule has 0 spiro atoms. The van der Waals surface area contributed by atoms with Gasteiger partial charge in [0.05, 0.1) is 28.1 Å². The molecule has 2 amide bonds. The van der Waals surface area contributed by atoms with Gasteiger partial charge in [0.2, 0.25) is 0 Å². The zero-order valence-electron chi connectivity index (χ0n) is 14.8. The topological polar surface area (TPSA) is 99.2 Å². The number of hydrogen-bond donors (Lipinski definition) is 0. The maximum absolute atomic E-state index is 12.4. The van der Waals surface area contributed by atoms with Crippen LogP contribution < -0.4 is 4.74 Å². The molecule has 150 valence electrons. The number of amides is 2. The number of benzene rings is 1. The summed E-state index contributed by atoms with van der Waals surface area (Å²) in [5.41, 5.74) is 0.518. The van der Waals surface area contributed by atoms with Crippen LogP contribution in [0.4, 0.5) is 4.79 Å². The average Bonchev–Trinajstić information content (AvgIpc) is 2.88. The highest BCUT2D eigenvalue weighted by Crippen LogP contribution is 2.37. The van der Waals surface area contributed by atoms with Crippen LogP contribution in [0.5, 0.6) is 5.75 Å². The molecule has 11 heteroatoms. The summed E-state index contributed by atoms with van der Waals surface area (Å²) in [6.45, 7) is 1.02. The Morgan fingerprint density at radius 3 is 2.61 bits per heavy atom. The summed E-state index contributed by atoms with van der Waals surface area (Å²) in [4.78, 5) is 48.1. The first-order valence-electron chi connectivity index (χ1n) is 7.86. The number of ether oxygens (including phenoxy) is 3. The molecule has 1 aromatic carbocycles. The highest BCUT2D eigenvalue weighted by molar-refractivity contribution is 9.10. The summed E-state index contributed by atoms with van der Waals surface area (Å²) < 4.78 is 15.0. The number of halogens is 2. The van der Waals surface area contributed by atoms with Gasteiger partial charge >= 0.3 is 11.9 Å². The molecule has 8 nitrogen and oxygen atoms in total. The molecule has 0 bridgehead atoms. The van der Waals surface area contributed by atoms with Gasteiger partial charge in [0.15, 0.2) is 12.4 Å². The largest absolute Gasteiger partial charge is 0.479 e. The van der Waals surface area contributed by atoms with Crippen molar-refractivity contribution < 1.29 is 33.4 Å². The molecular formula is C17H15BrClNO7S. The predicted molar refractivity (Wildman–Crippen MR) is 106 cm³/mol. The molecule has 1 aliphatic heterocycles. The smallest absolute Gasteiger partial charge is 0.343 e. The third-order valence-corrected chi connectivity index (χ3v) is 5.12. The Hall–Kier alpha value is -2.04. The molecule has 1 saturated heterocycles. The van der Waals surface area contributed by atoms with Gasteiger partial charge in [-0.25, -0.2) is 4.79 Å². The van der Waals surface area contributed by atoms with Gasteiger partial charge < -0.3 is 14.2 Å². The van der Waals surface area contributed by atoms with Gasteiger partial charge in [-0.15, -0.1) is 0 Å². The summed E-state index contributed by atoms with van der Waals surface area (Å²) in [6.07, 6.45) is 1.47. The molecule has 2 rings (SSSR count). The lowest BCUT2D eigenvalue weighted by Gasteiger charge is -2.11. The Labute approximate surface area is 178 Å². The molecule has 1 heterocycles. The number of rotatable bonds is 7. The monoisotopic (exact) mass is 491 g/mol. The van der Waals surface area contributed by atoms with Gasteiger partial charge in [0.1, 0.15) is 6.54 Å². The minimum absolute atomic E-state index is 0.139. The minimum atomic E-state index is -0.663. The molecule has 0 radical (unpaired) electrons. The van der Waals surface area contributed by atoms with E-state index >= 15 is 0 Å². The normalized spacial score (nSPS) is 15.1. The highest BCUT2D eigenvalue weighted by atomic mass is 79.9. The minimum Gasteiger partial charge on any atom is -0.479 e. The van der Waals surface area contributed by atoms with E-state index in [-0.39, 0.29) is 28.9 Å². The first kappa shape index (κ1) is 22.3. The van der Waals surface area contributed by atoms with Crippen molar-refractivity contribution in [3.8, 4) is 5.75 Å². The third kappa shape index (κ3) is 5.49. The Bertz CT molecular complexity index is 835. The molecule has 0 aromatic heterocycles. The lowest BCUT2D eigenvalue weighted by Crippen LogP contribution is -2.34. The molecule has 0 atom stereocenters. The number of carbonyl (C=O) groups is 4. The maximum Gasteiger partial charge on any atom is 0.343 e. The van der Waals surface area contributed by atoms with Crippen LogP contribution >= 0.6 is 39.3 Å². The van der Waals surface area contributed by atoms with Crippen molar-refractivity contribution in [3.05, 3.63) is 32.1 Å². The quantitative estimate of drug-likeness (QED) is 0.422. The van der Waals surface area contributed by atoms with E-state index in [0.29, 0.717) is 21.8 Å². The molecule has 1 aromatic rings. The fourth-order valence-electron chi connectivity index (χ4n) is 2.11. The fourth-order valence-corrected chi connectivity index (χ4v) is 3.94. The Morgan fingerprint density at radius 2 is 2.00 bits per heavy atom. The zero-order valence-corrected chi connectivity index (χ0v) is 18.0. The first-order valence-corrected chi connectivity index (χ1v) is 9.85. The molecule has 1 aliphatic rings. The van der Waals surface area contributed by atoms with Crippen LogP contribution in [0.25, 0.3) is 6.08 Å². The van der Waals surface area contributed by atoms with E-state index < -0.39 is 29.6 Å². The van der Waals surface area contributed by atoms with Gasteiger partial charge in [-0.1, -0.05) is 11.6 Å². The van der Waals surface area contributed by atoms with Crippen LogP contribution in [0, 0.1) is 0 Å². The van der Waals surface area contributed by atoms with Crippen LogP contribution in [0.2, 0.25) is 5.02 Å². The lowest BCUT2D eigenvalue weighted by atomic mass is 10.2. The standard InChI is InChI=1S/C17H15BrClNO7S/c1-3-26-13(21)7-20-16(23)12(28-17(20)24)6-9-4-10(18)15(11(19)5-9)27-8-14(22)25-2/h4-6H,3,7-8H2,1-2H3/b12-6+. The summed E-state index contributed by atoms with van der Waals surface area (Å²) in [6, 6.07) is 3.12. The number of methoxy groups -OCH3 is 1. The molecule has 1 fully saturated rings. The van der Waals surface area contributed by atoms with E-state index in [9.17, 15) is 19.2 Å². The van der Waals surface area contributed by atoms with Crippen molar-refractivity contribution in [1.29, 1.82) is 0 Å². The number of nitrogens with zero attached hydrogens (tertiary/aromatic N) is 1. The van der Waals surface area contributed by atoms with Gasteiger partial charge in [-0.05, 0) is 58.4 Å². The second-order valence-electron chi connectivity index (χ2n) is 5.25. The van der Waals surface area contributed by atoms with Crippen LogP contribution in [-0.4, -0.2) is 54.9 Å². The summed E-state index contributed by atoms with van der Waals surface area (Å²) >= 11 is 10.2. The van der Waals surface area contributed by atoms with E-state index in [2.05, 4.69) is 20.7 Å². The number of esters is 2. The second-order valence-corrected chi connectivity index (χ2v) is 7.51. The maximum atomic E-state index is 12.4. The Balaban J connectivity index is 2.19. The Morgan fingerprint density at radius 1 is 1.29 bits per heavy atom. The van der Waals surface area contributed by atoms with Crippen molar-refractivity contribution in [2.45, 2.75) is 6.92 Å². The van der Waals surface area contributed by atoms with Crippen LogP contribution in [0.15, 0.2) is 21.5 Å². The van der Waals surface area contributed by atoms with Crippen LogP contribution in [-0.2, 0) is 23.9 Å². The number of carbonyl (C=O) groups excluding carboxylic acids is 4. The molecule has 0 saturated carbocycles. The van der Waals surface area contributed by atoms with Crippen molar-refractivity contribution >= 4 is 68.5 Å². The molecule has 0 aliphatic carbocycles. The van der Waals surface area contributed by atoms with Crippen LogP contribution in [0.1, 0.15) is 12.5 Å². The van der Waals surface area contributed by atoms with E-state index in [0.717, 1.165) is 4.90 Å². The lowest BCUT2D eigenvalue weighted by molar-refractivity contribution is -0.146. The predicted octanol–water partition coefficient (Wildman–Crippen LogP) is 3.25. The fraction of sp³-hybridized carbons (Fsp3) is 0.294. The average molecular weight is 493 g/mol. The van der Waals surface area contributed by atoms with Crippen molar-refractivity contribution in [3.63, 3.8) is 0 Å². The number of thioether (sulfide) groups is 1. The summed E-state index contributed by atoms with van der Waals surface area (Å²) in [7, 11) is 1.24. The van der Waals surface area contributed by atoms with E-state index in [1.807, 2.05) is 0 Å². The van der Waals surface area contributed by atoms with Crippen molar-refractivity contribution in [1.82, 2.24) is 4.90 Å². The van der Waals surface area contributed by atoms with Gasteiger partial charge in [0, 0.05) is 0 Å². The molecule has 0 N–H and O–H groups in total. The van der Waals surface area contributed by atoms with E-state index in [1.165, 1.54) is 19.3 Å². The van der Waals surface area contributed by atoms with Crippen LogP contribution in [0.3, 0.4) is 0 Å². The zero-order chi connectivity index (χ0) is 20.8. The van der Waals surface area contributed by atoms with Crippen molar-refractivity contribution in [2.24, 2.45) is 0 Å². The van der Waals surface area contributed by atoms with E-state index in [4.69, 9.17) is 21.1 Å². The Kier molecular flexibility index (Phi) is 7.90. The van der Waals surface area contributed by atoms with E-state index in [1.54, 1.807) is 13.0 Å². The van der Waals surface area contributed by atoms with Gasteiger partial charge in [-0.2, -0.15) is 0 Å². The number of imide groups is 1. The van der Waals surface area contributed by atoms with Gasteiger partial charge in [-0.3, -0.25) is 19.3 Å². The SMILES string of the molecule is CCOC(=O)CN1C(=O)S/C(=C/c2cc(Cl)c(OCC(=O)OC)c(Br)c2)C1=O. The van der Waals surface area contributed by atoms with Crippen molar-refractivity contribution in [2.75, 3.05) is 26.9 Å². The first-order chi connectivity index (χ1) is 13.3. The summed E-state index contributed by atoms with van der Waals surface area (Å²) in [5.74, 6) is -1.59. The summed E-state index contributed by atoms with van der Waals surface area (Å²) in [5, 5.41) is -0.372.